The van der Waals surface area contributed by atoms with Crippen molar-refractivity contribution in [3.63, 3.8) is 0 Å². The molecule has 0 aliphatic heterocycles. The molecule has 3 aromatic carbocycles. The number of methoxy groups -OCH3 is 1. The van der Waals surface area contributed by atoms with E-state index < -0.39 is 10.0 Å². The van der Waals surface area contributed by atoms with E-state index in [4.69, 9.17) is 4.74 Å². The van der Waals surface area contributed by atoms with Gasteiger partial charge in [0, 0.05) is 6.04 Å². The summed E-state index contributed by atoms with van der Waals surface area (Å²) in [5.74, 6) is 0.754. The van der Waals surface area contributed by atoms with Crippen LogP contribution in [0.4, 0.5) is 0 Å². The van der Waals surface area contributed by atoms with Gasteiger partial charge in [-0.1, -0.05) is 37.3 Å². The number of nitrogens with one attached hydrogen (secondary N) is 1. The highest BCUT2D eigenvalue weighted by Gasteiger charge is 2.22. The minimum atomic E-state index is -3.63. The van der Waals surface area contributed by atoms with Gasteiger partial charge in [-0.2, -0.15) is 0 Å². The minimum absolute atomic E-state index is 0.237. The van der Waals surface area contributed by atoms with Crippen LogP contribution < -0.4 is 9.46 Å². The smallest absolute Gasteiger partial charge is 0.241 e. The van der Waals surface area contributed by atoms with Crippen molar-refractivity contribution in [3.05, 3.63) is 71.3 Å². The Kier molecular flexibility index (Phi) is 5.61. The molecule has 0 saturated carbocycles. The van der Waals surface area contributed by atoms with Gasteiger partial charge in [-0.25, -0.2) is 13.1 Å². The van der Waals surface area contributed by atoms with Crippen molar-refractivity contribution in [2.45, 2.75) is 50.0 Å². The molecule has 1 atom stereocenters. The molecule has 0 amide bonds. The van der Waals surface area contributed by atoms with E-state index in [0.29, 0.717) is 6.42 Å². The number of rotatable bonds is 6. The fourth-order valence-corrected chi connectivity index (χ4v) is 5.45. The fraction of sp³-hybridized carbons (Fsp3) is 0.333. The summed E-state index contributed by atoms with van der Waals surface area (Å²) in [4.78, 5) is 0.284. The van der Waals surface area contributed by atoms with Crippen LogP contribution in [0.15, 0.2) is 59.5 Å². The van der Waals surface area contributed by atoms with Crippen LogP contribution in [0.2, 0.25) is 0 Å². The summed E-state index contributed by atoms with van der Waals surface area (Å²) in [5.41, 5.74) is 3.82. The third-order valence-electron chi connectivity index (χ3n) is 5.81. The fourth-order valence-electron chi connectivity index (χ4n) is 4.11. The average Bonchev–Trinajstić information content (AvgIpc) is 2.76. The Morgan fingerprint density at radius 1 is 0.931 bits per heavy atom. The standard InChI is InChI=1S/C24H27NO3S/c1-3-24(21-9-8-17-6-4-5-7-18(17)14-21)25-29(26,27)23-13-11-19-15-22(28-2)12-10-20(19)16-23/h8-16,24-25H,3-7H2,1-2H3/t24-/m1/s1. The first-order valence-electron chi connectivity index (χ1n) is 10.2. The first-order valence-corrected chi connectivity index (χ1v) is 11.7. The Hall–Kier alpha value is -2.37. The molecule has 1 aliphatic carbocycles. The minimum Gasteiger partial charge on any atom is -0.497 e. The predicted octanol–water partition coefficient (Wildman–Crippen LogP) is 5.16. The Bertz CT molecular complexity index is 1140. The van der Waals surface area contributed by atoms with Gasteiger partial charge >= 0.3 is 0 Å². The van der Waals surface area contributed by atoms with Gasteiger partial charge < -0.3 is 4.74 Å². The summed E-state index contributed by atoms with van der Waals surface area (Å²) in [6, 6.07) is 17.0. The van der Waals surface area contributed by atoms with Crippen LogP contribution in [0.1, 0.15) is 48.9 Å². The Morgan fingerprint density at radius 2 is 1.66 bits per heavy atom. The van der Waals surface area contributed by atoms with Crippen molar-refractivity contribution in [3.8, 4) is 5.75 Å². The second kappa shape index (κ2) is 8.17. The highest BCUT2D eigenvalue weighted by molar-refractivity contribution is 7.89. The normalized spacial score (nSPS) is 15.1. The van der Waals surface area contributed by atoms with Crippen LogP contribution in [0.5, 0.6) is 5.75 Å². The largest absolute Gasteiger partial charge is 0.497 e. The van der Waals surface area contributed by atoms with Crippen molar-refractivity contribution in [2.24, 2.45) is 0 Å². The third kappa shape index (κ3) is 4.16. The molecule has 0 unspecified atom stereocenters. The summed E-state index contributed by atoms with van der Waals surface area (Å²) in [6.07, 6.45) is 5.36. The molecule has 0 saturated heterocycles. The van der Waals surface area contributed by atoms with E-state index in [1.807, 2.05) is 31.2 Å². The van der Waals surface area contributed by atoms with Crippen molar-refractivity contribution in [1.29, 1.82) is 0 Å². The number of aryl methyl sites for hydroxylation is 2. The molecule has 0 bridgehead atoms. The maximum atomic E-state index is 13.1. The molecule has 0 heterocycles. The van der Waals surface area contributed by atoms with Crippen molar-refractivity contribution in [2.75, 3.05) is 7.11 Å². The maximum Gasteiger partial charge on any atom is 0.241 e. The van der Waals surface area contributed by atoms with E-state index in [2.05, 4.69) is 22.9 Å². The molecule has 29 heavy (non-hydrogen) atoms. The second-order valence-electron chi connectivity index (χ2n) is 7.69. The van der Waals surface area contributed by atoms with Crippen LogP contribution in [0.25, 0.3) is 10.8 Å². The quantitative estimate of drug-likeness (QED) is 0.612. The monoisotopic (exact) mass is 409 g/mol. The Morgan fingerprint density at radius 3 is 2.41 bits per heavy atom. The molecule has 0 spiro atoms. The molecule has 152 valence electrons. The molecule has 0 fully saturated rings. The first-order chi connectivity index (χ1) is 14.0. The van der Waals surface area contributed by atoms with Crippen LogP contribution in [0.3, 0.4) is 0 Å². The molecule has 1 aliphatic rings. The van der Waals surface area contributed by atoms with Crippen LogP contribution >= 0.6 is 0 Å². The van der Waals surface area contributed by atoms with E-state index in [0.717, 1.165) is 34.9 Å². The lowest BCUT2D eigenvalue weighted by Gasteiger charge is -2.22. The van der Waals surface area contributed by atoms with Gasteiger partial charge in [0.15, 0.2) is 0 Å². The maximum absolute atomic E-state index is 13.1. The zero-order chi connectivity index (χ0) is 20.4. The SMILES string of the molecule is CC[C@@H](NS(=O)(=O)c1ccc2cc(OC)ccc2c1)c1ccc2c(c1)CCCC2. The molecule has 0 aromatic heterocycles. The summed E-state index contributed by atoms with van der Waals surface area (Å²) >= 11 is 0. The van der Waals surface area contributed by atoms with Crippen LogP contribution in [-0.4, -0.2) is 15.5 Å². The molecular formula is C24H27NO3S. The van der Waals surface area contributed by atoms with Crippen molar-refractivity contribution >= 4 is 20.8 Å². The third-order valence-corrected chi connectivity index (χ3v) is 7.28. The number of benzene rings is 3. The van der Waals surface area contributed by atoms with Gasteiger partial charge in [0.25, 0.3) is 0 Å². The van der Waals surface area contributed by atoms with Gasteiger partial charge in [-0.15, -0.1) is 0 Å². The number of fused-ring (bicyclic) bond motifs is 2. The highest BCUT2D eigenvalue weighted by Crippen LogP contribution is 2.28. The van der Waals surface area contributed by atoms with E-state index in [1.165, 1.54) is 24.0 Å². The molecule has 4 nitrogen and oxygen atoms in total. The van der Waals surface area contributed by atoms with Crippen LogP contribution in [0, 0.1) is 0 Å². The molecule has 1 N–H and O–H groups in total. The summed E-state index contributed by atoms with van der Waals surface area (Å²) in [6.45, 7) is 2.01. The predicted molar refractivity (Wildman–Crippen MR) is 117 cm³/mol. The second-order valence-corrected chi connectivity index (χ2v) is 9.41. The molecular weight excluding hydrogens is 382 g/mol. The molecule has 5 heteroatoms. The van der Waals surface area contributed by atoms with Gasteiger partial charge in [0.05, 0.1) is 12.0 Å². The Balaban J connectivity index is 1.62. The van der Waals surface area contributed by atoms with E-state index in [1.54, 1.807) is 19.2 Å². The number of ether oxygens (including phenoxy) is 1. The molecule has 4 rings (SSSR count). The highest BCUT2D eigenvalue weighted by atomic mass is 32.2. The van der Waals surface area contributed by atoms with Crippen LogP contribution in [-0.2, 0) is 22.9 Å². The zero-order valence-electron chi connectivity index (χ0n) is 16.9. The molecule has 3 aromatic rings. The van der Waals surface area contributed by atoms with E-state index >= 15 is 0 Å². The lowest BCUT2D eigenvalue weighted by molar-refractivity contribution is 0.415. The first kappa shape index (κ1) is 19.9. The van der Waals surface area contributed by atoms with Gasteiger partial charge in [-0.3, -0.25) is 0 Å². The number of sulfonamides is 1. The number of hydrogen-bond acceptors (Lipinski definition) is 3. The van der Waals surface area contributed by atoms with E-state index in [-0.39, 0.29) is 10.9 Å². The van der Waals surface area contributed by atoms with Crippen molar-refractivity contribution in [1.82, 2.24) is 4.72 Å². The van der Waals surface area contributed by atoms with Gasteiger partial charge in [0.2, 0.25) is 10.0 Å². The van der Waals surface area contributed by atoms with Gasteiger partial charge in [0.1, 0.15) is 5.75 Å². The topological polar surface area (TPSA) is 55.4 Å². The van der Waals surface area contributed by atoms with Crippen molar-refractivity contribution < 1.29 is 13.2 Å². The van der Waals surface area contributed by atoms with Gasteiger partial charge in [-0.05, 0) is 83.8 Å². The zero-order valence-corrected chi connectivity index (χ0v) is 17.8. The molecule has 0 radical (unpaired) electrons. The average molecular weight is 410 g/mol. The lowest BCUT2D eigenvalue weighted by atomic mass is 9.89. The summed E-state index contributed by atoms with van der Waals surface area (Å²) in [7, 11) is -2.01. The summed E-state index contributed by atoms with van der Waals surface area (Å²) < 4.78 is 34.4. The summed E-state index contributed by atoms with van der Waals surface area (Å²) in [5, 5.41) is 1.82. The Labute approximate surface area is 173 Å². The van der Waals surface area contributed by atoms with E-state index in [9.17, 15) is 8.42 Å². The lowest BCUT2D eigenvalue weighted by Crippen LogP contribution is -2.28. The number of hydrogen-bond donors (Lipinski definition) is 1.